The van der Waals surface area contributed by atoms with E-state index in [1.54, 1.807) is 0 Å². The van der Waals surface area contributed by atoms with Crippen molar-refractivity contribution in [2.45, 2.75) is 53.8 Å². The van der Waals surface area contributed by atoms with Crippen molar-refractivity contribution in [1.29, 1.82) is 0 Å². The molecule has 4 amide bonds. The zero-order valence-corrected chi connectivity index (χ0v) is 33.4. The van der Waals surface area contributed by atoms with Gasteiger partial charge in [0, 0.05) is 24.3 Å². The average molecular weight is 1050 g/mol. The van der Waals surface area contributed by atoms with Gasteiger partial charge in [0.1, 0.15) is 11.5 Å². The fourth-order valence-electron chi connectivity index (χ4n) is 6.89. The van der Waals surface area contributed by atoms with Crippen molar-refractivity contribution >= 4 is 35.0 Å². The summed E-state index contributed by atoms with van der Waals surface area (Å²) in [5.41, 5.74) is -18.3. The van der Waals surface area contributed by atoms with Gasteiger partial charge in [-0.15, -0.1) is 0 Å². The maximum Gasteiger partial charge on any atom is 0.460 e. The molecule has 4 aromatic rings. The second-order valence-electron chi connectivity index (χ2n) is 14.6. The molecule has 380 valence electrons. The molecule has 0 fully saturated rings. The Bertz CT molecular complexity index is 2690. The Balaban J connectivity index is 1.42. The predicted octanol–water partition coefficient (Wildman–Crippen LogP) is 12.4. The van der Waals surface area contributed by atoms with Crippen LogP contribution in [-0.4, -0.2) is 60.2 Å². The maximum absolute atomic E-state index is 15.6. The van der Waals surface area contributed by atoms with E-state index in [1.165, 1.54) is 0 Å². The minimum absolute atomic E-state index is 0.100. The van der Waals surface area contributed by atoms with Crippen LogP contribution >= 0.6 is 0 Å². The molecule has 2 aliphatic heterocycles. The molecule has 8 nitrogen and oxygen atoms in total. The molecule has 0 N–H and O–H groups in total. The Kier molecular flexibility index (Phi) is 12.7. The third-order valence-electron chi connectivity index (χ3n) is 10.2. The standard InChI is InChI=1S/C41H16F22N2O6/c42-23-13-17(1-7-27(23)70-19-3-5-25(64-29(66)9-10-30(64)67)21(15-19)34(44,45)36(48,49)40(58,59)60)33(38(52,53)54,39(55,56)57)18-2-8-28(24(43)14-18)71-20-4-6-26(65-31(68)11-12-32(65)69)22(16-20)35(46,47)37(50,51)41(61,62)63/h1-16H. The van der Waals surface area contributed by atoms with Gasteiger partial charge in [0.05, 0.1) is 22.5 Å². The first kappa shape index (κ1) is 53.1. The highest BCUT2D eigenvalue weighted by Crippen LogP contribution is 2.59. The Morgan fingerprint density at radius 1 is 0.366 bits per heavy atom. The minimum Gasteiger partial charge on any atom is -0.454 e. The van der Waals surface area contributed by atoms with Crippen LogP contribution in [-0.2, 0) is 36.4 Å². The van der Waals surface area contributed by atoms with E-state index in [0.29, 0.717) is 36.4 Å². The molecule has 2 aliphatic rings. The summed E-state index contributed by atoms with van der Waals surface area (Å²) in [4.78, 5) is 48.0. The number of benzene rings is 4. The van der Waals surface area contributed by atoms with E-state index in [9.17, 15) is 89.4 Å². The minimum atomic E-state index is -7.05. The molecule has 2 heterocycles. The summed E-state index contributed by atoms with van der Waals surface area (Å²) in [7, 11) is 0. The summed E-state index contributed by atoms with van der Waals surface area (Å²) < 4.78 is 327. The lowest BCUT2D eigenvalue weighted by atomic mass is 9.72. The number of amides is 4. The van der Waals surface area contributed by atoms with E-state index in [-0.39, 0.29) is 46.2 Å². The number of carbonyl (C=O) groups excluding carboxylic acids is 4. The fourth-order valence-corrected chi connectivity index (χ4v) is 6.89. The monoisotopic (exact) mass is 1050 g/mol. The van der Waals surface area contributed by atoms with Gasteiger partial charge >= 0.3 is 48.4 Å². The zero-order chi connectivity index (χ0) is 53.6. The van der Waals surface area contributed by atoms with E-state index in [1.807, 2.05) is 0 Å². The van der Waals surface area contributed by atoms with E-state index < -0.39 is 170 Å². The van der Waals surface area contributed by atoms with Crippen molar-refractivity contribution in [2.75, 3.05) is 9.80 Å². The SMILES string of the molecule is O=C1C=CC(=O)N1c1ccc(Oc2ccc(C(c3ccc(Oc4ccc(N5C(=O)C=CC5=O)c(C(F)(F)C(F)(F)C(F)(F)F)c4)c(F)c3)(C(F)(F)F)C(F)(F)F)cc2F)cc1C(F)(F)C(F)(F)C(F)(F)F. The summed E-state index contributed by atoms with van der Waals surface area (Å²) in [6, 6.07) is -1.86. The van der Waals surface area contributed by atoms with Gasteiger partial charge in [-0.3, -0.25) is 19.2 Å². The van der Waals surface area contributed by atoms with Crippen molar-refractivity contribution in [1.82, 2.24) is 0 Å². The van der Waals surface area contributed by atoms with Gasteiger partial charge in [-0.05, 0) is 71.8 Å². The van der Waals surface area contributed by atoms with Crippen LogP contribution in [0, 0.1) is 11.6 Å². The smallest absolute Gasteiger partial charge is 0.454 e. The number of halogens is 22. The van der Waals surface area contributed by atoms with Crippen LogP contribution in [0.5, 0.6) is 23.0 Å². The third-order valence-corrected chi connectivity index (χ3v) is 10.2. The van der Waals surface area contributed by atoms with Gasteiger partial charge in [-0.2, -0.15) is 87.8 Å². The van der Waals surface area contributed by atoms with Crippen LogP contribution in [0.4, 0.5) is 108 Å². The van der Waals surface area contributed by atoms with Gasteiger partial charge < -0.3 is 9.47 Å². The Hall–Kier alpha value is -7.30. The number of hydrogen-bond donors (Lipinski definition) is 0. The van der Waals surface area contributed by atoms with E-state index in [2.05, 4.69) is 0 Å². The van der Waals surface area contributed by atoms with Gasteiger partial charge in [0.15, 0.2) is 23.1 Å². The molecule has 0 unspecified atom stereocenters. The maximum atomic E-state index is 15.6. The first-order valence-corrected chi connectivity index (χ1v) is 18.4. The van der Waals surface area contributed by atoms with Crippen LogP contribution in [0.1, 0.15) is 22.3 Å². The Labute approximate surface area is 377 Å². The van der Waals surface area contributed by atoms with E-state index >= 15 is 26.3 Å². The lowest BCUT2D eigenvalue weighted by Gasteiger charge is -2.38. The first-order chi connectivity index (χ1) is 32.3. The van der Waals surface area contributed by atoms with E-state index in [0.717, 1.165) is 0 Å². The molecular weight excluding hydrogens is 1030 g/mol. The van der Waals surface area contributed by atoms with Gasteiger partial charge in [-0.25, -0.2) is 18.6 Å². The molecular formula is C41H16F22N2O6. The topological polar surface area (TPSA) is 93.2 Å². The zero-order valence-electron chi connectivity index (χ0n) is 33.4. The third kappa shape index (κ3) is 8.52. The van der Waals surface area contributed by atoms with Crippen LogP contribution in [0.15, 0.2) is 97.1 Å². The Morgan fingerprint density at radius 3 is 0.915 bits per heavy atom. The molecule has 0 saturated heterocycles. The number of imide groups is 2. The Morgan fingerprint density at radius 2 is 0.662 bits per heavy atom. The largest absolute Gasteiger partial charge is 0.460 e. The number of carbonyl (C=O) groups is 4. The molecule has 0 aliphatic carbocycles. The molecule has 6 rings (SSSR count). The van der Waals surface area contributed by atoms with Gasteiger partial charge in [0.2, 0.25) is 5.41 Å². The summed E-state index contributed by atoms with van der Waals surface area (Å²) >= 11 is 0. The normalized spacial score (nSPS) is 15.7. The van der Waals surface area contributed by atoms with Crippen LogP contribution < -0.4 is 19.3 Å². The summed E-state index contributed by atoms with van der Waals surface area (Å²) in [6.45, 7) is 0. The second-order valence-corrected chi connectivity index (χ2v) is 14.6. The number of ether oxygens (including phenoxy) is 2. The second kappa shape index (κ2) is 16.9. The molecule has 71 heavy (non-hydrogen) atoms. The number of anilines is 2. The van der Waals surface area contributed by atoms with Crippen molar-refractivity contribution < 1.29 is 125 Å². The first-order valence-electron chi connectivity index (χ1n) is 18.4. The van der Waals surface area contributed by atoms with Crippen LogP contribution in [0.25, 0.3) is 0 Å². The number of nitrogens with zero attached hydrogens (tertiary/aromatic N) is 2. The van der Waals surface area contributed by atoms with Crippen molar-refractivity contribution in [3.63, 3.8) is 0 Å². The molecule has 0 radical (unpaired) electrons. The summed E-state index contributed by atoms with van der Waals surface area (Å²) in [5.74, 6) is -43.8. The van der Waals surface area contributed by atoms with Crippen molar-refractivity contribution in [3.8, 4) is 23.0 Å². The highest BCUT2D eigenvalue weighted by atomic mass is 19.4. The van der Waals surface area contributed by atoms with Crippen LogP contribution in [0.2, 0.25) is 0 Å². The van der Waals surface area contributed by atoms with Gasteiger partial charge in [-0.1, -0.05) is 12.1 Å². The average Bonchev–Trinajstić information content (AvgIpc) is 3.75. The molecule has 0 atom stereocenters. The molecule has 0 saturated carbocycles. The molecule has 0 spiro atoms. The molecule has 0 bridgehead atoms. The van der Waals surface area contributed by atoms with Gasteiger partial charge in [0.25, 0.3) is 23.6 Å². The number of rotatable bonds is 12. The number of hydrogen-bond acceptors (Lipinski definition) is 6. The predicted molar refractivity (Wildman–Crippen MR) is 192 cm³/mol. The lowest BCUT2D eigenvalue weighted by Crippen LogP contribution is -2.54. The molecule has 30 heteroatoms. The lowest BCUT2D eigenvalue weighted by molar-refractivity contribution is -0.359. The highest BCUT2D eigenvalue weighted by Gasteiger charge is 2.76. The highest BCUT2D eigenvalue weighted by molar-refractivity contribution is 6.29. The summed E-state index contributed by atoms with van der Waals surface area (Å²) in [5, 5.41) is 0. The number of alkyl halides is 20. The van der Waals surface area contributed by atoms with Crippen molar-refractivity contribution in [3.05, 3.63) is 131 Å². The van der Waals surface area contributed by atoms with Crippen LogP contribution in [0.3, 0.4) is 0 Å². The quantitative estimate of drug-likeness (QED) is 0.104. The molecule has 0 aromatic heterocycles. The van der Waals surface area contributed by atoms with Crippen molar-refractivity contribution in [2.24, 2.45) is 0 Å². The molecule has 4 aromatic carbocycles. The summed E-state index contributed by atoms with van der Waals surface area (Å²) in [6.07, 6.45) is -26.1. The van der Waals surface area contributed by atoms with E-state index in [4.69, 9.17) is 9.47 Å². The fraction of sp³-hybridized carbons (Fsp3) is 0.220.